The molecule has 1 N–H and O–H groups in total. The molecule has 3 aromatic rings. The van der Waals surface area contributed by atoms with Crippen molar-refractivity contribution in [2.45, 2.75) is 43.2 Å². The maximum Gasteiger partial charge on any atom is 0.127 e. The number of methoxy groups -OCH3 is 1. The molecule has 0 unspecified atom stereocenters. The number of rotatable bonds is 11. The van der Waals surface area contributed by atoms with Crippen molar-refractivity contribution in [3.05, 3.63) is 64.3 Å². The number of benzene rings is 2. The molecule has 0 spiro atoms. The molecule has 1 fully saturated rings. The Morgan fingerprint density at radius 3 is 2.61 bits per heavy atom. The number of hydrogen-bond donors (Lipinski definition) is 1. The molecule has 4 rings (SSSR count). The number of alkyl halides is 1. The van der Waals surface area contributed by atoms with Gasteiger partial charge in [0, 0.05) is 33.7 Å². The molecule has 1 aliphatic rings. The third kappa shape index (κ3) is 6.84. The Morgan fingerprint density at radius 2 is 1.92 bits per heavy atom. The van der Waals surface area contributed by atoms with Crippen LogP contribution < -0.4 is 4.74 Å². The quantitative estimate of drug-likeness (QED) is 0.196. The largest absolute Gasteiger partial charge is 0.497 e. The van der Waals surface area contributed by atoms with Crippen LogP contribution >= 0.6 is 35.0 Å². The van der Waals surface area contributed by atoms with Gasteiger partial charge in [-0.1, -0.05) is 23.2 Å². The standard InChI is InChI=1S/C28H33Cl2FN2O2S/c1-35-21-5-8-26-23(17-21)27(24(30)18-32-26)25(31)9-10-28(19-34)11-14-33(15-12-28)13-2-16-36-22-6-3-20(29)4-7-22/h3-8,17-18,25,34H,2,9-16,19H2,1H3/t25-/m1/s1. The maximum absolute atomic E-state index is 15.6. The molecule has 2 aromatic carbocycles. The molecule has 1 aromatic heterocycles. The Hall–Kier alpha value is -1.57. The second-order valence-electron chi connectivity index (χ2n) is 9.56. The molecule has 8 heteroatoms. The van der Waals surface area contributed by atoms with Gasteiger partial charge in [0.05, 0.1) is 17.6 Å². The minimum Gasteiger partial charge on any atom is -0.497 e. The number of ether oxygens (including phenoxy) is 1. The first-order valence-electron chi connectivity index (χ1n) is 12.4. The Kier molecular flexibility index (Phi) is 9.76. The van der Waals surface area contributed by atoms with Crippen molar-refractivity contribution in [1.29, 1.82) is 0 Å². The van der Waals surface area contributed by atoms with Gasteiger partial charge in [-0.2, -0.15) is 0 Å². The molecule has 2 heterocycles. The van der Waals surface area contributed by atoms with Gasteiger partial charge in [-0.05, 0) is 105 Å². The van der Waals surface area contributed by atoms with Crippen LogP contribution in [-0.2, 0) is 0 Å². The van der Waals surface area contributed by atoms with Gasteiger partial charge in [-0.25, -0.2) is 4.39 Å². The lowest BCUT2D eigenvalue weighted by Gasteiger charge is -2.41. The first kappa shape index (κ1) is 27.5. The number of thioether (sulfide) groups is 1. The van der Waals surface area contributed by atoms with Crippen LogP contribution in [0.4, 0.5) is 4.39 Å². The fourth-order valence-corrected chi connectivity index (χ4v) is 6.17. The highest BCUT2D eigenvalue weighted by Gasteiger charge is 2.35. The number of pyridine rings is 1. The van der Waals surface area contributed by atoms with Crippen LogP contribution in [0.2, 0.25) is 10.0 Å². The Morgan fingerprint density at radius 1 is 1.17 bits per heavy atom. The molecule has 1 saturated heterocycles. The maximum atomic E-state index is 15.6. The van der Waals surface area contributed by atoms with E-state index < -0.39 is 6.17 Å². The van der Waals surface area contributed by atoms with Crippen LogP contribution in [0.1, 0.15) is 43.8 Å². The molecular formula is C28H33Cl2FN2O2S. The molecule has 0 saturated carbocycles. The van der Waals surface area contributed by atoms with Crippen molar-refractivity contribution in [3.63, 3.8) is 0 Å². The molecule has 0 bridgehead atoms. The fraction of sp³-hybridized carbons (Fsp3) is 0.464. The summed E-state index contributed by atoms with van der Waals surface area (Å²) in [7, 11) is 1.58. The molecule has 0 amide bonds. The van der Waals surface area contributed by atoms with E-state index in [1.165, 1.54) is 11.1 Å². The monoisotopic (exact) mass is 550 g/mol. The van der Waals surface area contributed by atoms with Gasteiger partial charge in [0.2, 0.25) is 0 Å². The van der Waals surface area contributed by atoms with E-state index in [1.54, 1.807) is 13.2 Å². The highest BCUT2D eigenvalue weighted by molar-refractivity contribution is 7.99. The van der Waals surface area contributed by atoms with Gasteiger partial charge >= 0.3 is 0 Å². The van der Waals surface area contributed by atoms with E-state index in [1.807, 2.05) is 36.0 Å². The lowest BCUT2D eigenvalue weighted by Crippen LogP contribution is -2.42. The summed E-state index contributed by atoms with van der Waals surface area (Å²) >= 11 is 14.2. The fourth-order valence-electron chi connectivity index (χ4n) is 4.94. The second kappa shape index (κ2) is 12.8. The molecule has 36 heavy (non-hydrogen) atoms. The topological polar surface area (TPSA) is 45.6 Å². The van der Waals surface area contributed by atoms with Gasteiger partial charge < -0.3 is 14.7 Å². The van der Waals surface area contributed by atoms with Gasteiger partial charge in [0.25, 0.3) is 0 Å². The van der Waals surface area contributed by atoms with Gasteiger partial charge in [-0.15, -0.1) is 11.8 Å². The lowest BCUT2D eigenvalue weighted by molar-refractivity contribution is 0.0304. The molecule has 4 nitrogen and oxygen atoms in total. The molecular weight excluding hydrogens is 518 g/mol. The number of hydrogen-bond acceptors (Lipinski definition) is 5. The summed E-state index contributed by atoms with van der Waals surface area (Å²) < 4.78 is 20.9. The van der Waals surface area contributed by atoms with Crippen molar-refractivity contribution in [3.8, 4) is 5.75 Å². The van der Waals surface area contributed by atoms with Gasteiger partial charge in [0.1, 0.15) is 11.9 Å². The molecule has 0 aliphatic carbocycles. The number of nitrogens with zero attached hydrogens (tertiary/aromatic N) is 2. The van der Waals surface area contributed by atoms with Crippen LogP contribution in [0.15, 0.2) is 53.6 Å². The van der Waals surface area contributed by atoms with E-state index in [4.69, 9.17) is 27.9 Å². The van der Waals surface area contributed by atoms with Crippen molar-refractivity contribution in [2.75, 3.05) is 39.1 Å². The van der Waals surface area contributed by atoms with Gasteiger partial charge in [-0.3, -0.25) is 4.98 Å². The van der Waals surface area contributed by atoms with E-state index in [0.717, 1.165) is 49.7 Å². The number of aromatic nitrogens is 1. The van der Waals surface area contributed by atoms with Crippen LogP contribution in [0, 0.1) is 5.41 Å². The summed E-state index contributed by atoms with van der Waals surface area (Å²) in [5.74, 6) is 1.70. The van der Waals surface area contributed by atoms with E-state index in [9.17, 15) is 5.11 Å². The third-order valence-corrected chi connectivity index (χ3v) is 8.91. The summed E-state index contributed by atoms with van der Waals surface area (Å²) in [6.45, 7) is 2.98. The van der Waals surface area contributed by atoms with Crippen molar-refractivity contribution >= 4 is 45.9 Å². The Bertz CT molecular complexity index is 1140. The zero-order valence-corrected chi connectivity index (χ0v) is 22.9. The minimum absolute atomic E-state index is 0.0820. The first-order chi connectivity index (χ1) is 17.4. The van der Waals surface area contributed by atoms with E-state index in [0.29, 0.717) is 40.1 Å². The minimum atomic E-state index is -1.23. The number of aliphatic hydroxyl groups is 1. The normalized spacial score (nSPS) is 16.8. The zero-order chi connectivity index (χ0) is 25.5. The summed E-state index contributed by atoms with van der Waals surface area (Å²) in [5.41, 5.74) is 0.910. The summed E-state index contributed by atoms with van der Waals surface area (Å²) in [6.07, 6.45) is 4.07. The van der Waals surface area contributed by atoms with Crippen molar-refractivity contribution in [2.24, 2.45) is 5.41 Å². The molecule has 0 radical (unpaired) electrons. The Balaban J connectivity index is 1.29. The lowest BCUT2D eigenvalue weighted by atomic mass is 9.74. The number of fused-ring (bicyclic) bond motifs is 1. The average molecular weight is 552 g/mol. The number of halogens is 3. The highest BCUT2D eigenvalue weighted by Crippen LogP contribution is 2.42. The predicted molar refractivity (Wildman–Crippen MR) is 148 cm³/mol. The van der Waals surface area contributed by atoms with Crippen LogP contribution in [0.3, 0.4) is 0 Å². The summed E-state index contributed by atoms with van der Waals surface area (Å²) in [5, 5.41) is 12.0. The number of aliphatic hydroxyl groups excluding tert-OH is 1. The van der Waals surface area contributed by atoms with Crippen molar-refractivity contribution < 1.29 is 14.2 Å². The third-order valence-electron chi connectivity index (χ3n) is 7.26. The predicted octanol–water partition coefficient (Wildman–Crippen LogP) is 7.60. The number of piperidine rings is 1. The van der Waals surface area contributed by atoms with Crippen LogP contribution in [-0.4, -0.2) is 54.1 Å². The number of likely N-dealkylation sites (tertiary alicyclic amines) is 1. The van der Waals surface area contributed by atoms with E-state index >= 15 is 4.39 Å². The average Bonchev–Trinajstić information content (AvgIpc) is 2.91. The van der Waals surface area contributed by atoms with Crippen LogP contribution in [0.5, 0.6) is 5.75 Å². The van der Waals surface area contributed by atoms with E-state index in [2.05, 4.69) is 22.0 Å². The smallest absolute Gasteiger partial charge is 0.127 e. The second-order valence-corrected chi connectivity index (χ2v) is 11.6. The van der Waals surface area contributed by atoms with Gasteiger partial charge in [0.15, 0.2) is 0 Å². The van der Waals surface area contributed by atoms with Crippen LogP contribution in [0.25, 0.3) is 10.9 Å². The molecule has 1 aliphatic heterocycles. The molecule has 194 valence electrons. The molecule has 1 atom stereocenters. The van der Waals surface area contributed by atoms with E-state index in [-0.39, 0.29) is 12.0 Å². The SMILES string of the molecule is COc1ccc2ncc(Cl)c([C@H](F)CCC3(CO)CCN(CCCSc4ccc(Cl)cc4)CC3)c2c1. The summed E-state index contributed by atoms with van der Waals surface area (Å²) in [6, 6.07) is 13.4. The first-order valence-corrected chi connectivity index (χ1v) is 14.1. The summed E-state index contributed by atoms with van der Waals surface area (Å²) in [4.78, 5) is 8.03. The van der Waals surface area contributed by atoms with Crippen molar-refractivity contribution in [1.82, 2.24) is 9.88 Å². The zero-order valence-electron chi connectivity index (χ0n) is 20.6. The Labute approximate surface area is 227 Å². The highest BCUT2D eigenvalue weighted by atomic mass is 35.5.